The van der Waals surface area contributed by atoms with Gasteiger partial charge >= 0.3 is 0 Å². The number of nitrogens with one attached hydrogen (secondary N) is 1. The fourth-order valence-corrected chi connectivity index (χ4v) is 5.95. The highest BCUT2D eigenvalue weighted by atomic mass is 32.1. The summed E-state index contributed by atoms with van der Waals surface area (Å²) in [6.45, 7) is 0.0653. The van der Waals surface area contributed by atoms with Crippen LogP contribution >= 0.6 is 11.5 Å². The first-order valence-corrected chi connectivity index (χ1v) is 14.4. The number of carbonyl (C=O) groups is 2. The van der Waals surface area contributed by atoms with E-state index < -0.39 is 11.9 Å². The van der Waals surface area contributed by atoms with Crippen molar-refractivity contribution in [1.82, 2.24) is 14.6 Å². The number of furan rings is 1. The molecule has 9 nitrogen and oxygen atoms in total. The first-order valence-electron chi connectivity index (χ1n) is 13.7. The van der Waals surface area contributed by atoms with Gasteiger partial charge in [0.05, 0.1) is 32.7 Å². The summed E-state index contributed by atoms with van der Waals surface area (Å²) in [5, 5.41) is 3.22. The number of ether oxygens (including phenoxy) is 2. The van der Waals surface area contributed by atoms with Crippen molar-refractivity contribution in [2.24, 2.45) is 0 Å². The van der Waals surface area contributed by atoms with Gasteiger partial charge in [0.2, 0.25) is 5.91 Å². The lowest BCUT2D eigenvalue weighted by Crippen LogP contribution is -2.46. The van der Waals surface area contributed by atoms with E-state index in [1.54, 1.807) is 44.7 Å². The second-order valence-corrected chi connectivity index (χ2v) is 10.8. The van der Waals surface area contributed by atoms with E-state index in [2.05, 4.69) is 9.69 Å². The summed E-state index contributed by atoms with van der Waals surface area (Å²) in [6, 6.07) is 17.2. The summed E-state index contributed by atoms with van der Waals surface area (Å²) >= 11 is 1.02. The molecule has 1 aliphatic carbocycles. The van der Waals surface area contributed by atoms with Gasteiger partial charge in [-0.05, 0) is 78.5 Å². The highest BCUT2D eigenvalue weighted by molar-refractivity contribution is 7.09. The summed E-state index contributed by atoms with van der Waals surface area (Å²) in [5.74, 6) is 1.24. The predicted octanol–water partition coefficient (Wildman–Crippen LogP) is 5.84. The number of aromatic nitrogens is 1. The number of rotatable bonds is 10. The summed E-state index contributed by atoms with van der Waals surface area (Å²) in [7, 11) is 3.18. The molecule has 2 aromatic heterocycles. The summed E-state index contributed by atoms with van der Waals surface area (Å²) in [6.07, 6.45) is 6.68. The zero-order valence-electron chi connectivity index (χ0n) is 23.2. The Kier molecular flexibility index (Phi) is 8.88. The maximum Gasteiger partial charge on any atom is 0.269 e. The van der Waals surface area contributed by atoms with E-state index in [9.17, 15) is 9.59 Å². The van der Waals surface area contributed by atoms with E-state index >= 15 is 0 Å². The number of benzene rings is 2. The maximum atomic E-state index is 14.3. The first kappa shape index (κ1) is 28.2. The standard InChI is InChI=1S/C31H34N4O5S/c1-38-23-14-10-20(11-15-23)27-26(32)29(41-34-27)31(37)35(19-25-9-6-18-40-25)28(21-12-16-24(39-2)17-13-21)30(36)33-22-7-4-3-5-8-22/h6,9-18,22,28H,3-5,7-8,19,32H2,1-2H3,(H,33,36)/t28-/m1/s1. The molecule has 2 amide bonds. The lowest BCUT2D eigenvalue weighted by Gasteiger charge is -2.33. The average Bonchev–Trinajstić information content (AvgIpc) is 3.67. The van der Waals surface area contributed by atoms with Gasteiger partial charge in [-0.2, -0.15) is 4.37 Å². The zero-order valence-corrected chi connectivity index (χ0v) is 24.0. The molecule has 0 bridgehead atoms. The van der Waals surface area contributed by atoms with Crippen LogP contribution in [0.3, 0.4) is 0 Å². The maximum absolute atomic E-state index is 14.3. The van der Waals surface area contributed by atoms with Gasteiger partial charge in [-0.1, -0.05) is 31.4 Å². The Hall–Kier alpha value is -4.31. The molecule has 0 spiro atoms. The lowest BCUT2D eigenvalue weighted by molar-refractivity contribution is -0.127. The van der Waals surface area contributed by atoms with Gasteiger partial charge < -0.3 is 29.8 Å². The lowest BCUT2D eigenvalue weighted by atomic mass is 9.94. The van der Waals surface area contributed by atoms with E-state index in [0.717, 1.165) is 42.8 Å². The molecule has 41 heavy (non-hydrogen) atoms. The minimum Gasteiger partial charge on any atom is -0.497 e. The van der Waals surface area contributed by atoms with Gasteiger partial charge in [-0.25, -0.2) is 0 Å². The van der Waals surface area contributed by atoms with Crippen molar-refractivity contribution >= 4 is 29.0 Å². The first-order chi connectivity index (χ1) is 20.0. The monoisotopic (exact) mass is 574 g/mol. The number of hydrogen-bond donors (Lipinski definition) is 2. The molecule has 3 N–H and O–H groups in total. The fraction of sp³-hybridized carbons (Fsp3) is 0.323. The van der Waals surface area contributed by atoms with Crippen molar-refractivity contribution < 1.29 is 23.5 Å². The molecule has 2 aromatic carbocycles. The largest absolute Gasteiger partial charge is 0.497 e. The van der Waals surface area contributed by atoms with Crippen molar-refractivity contribution in [2.75, 3.05) is 20.0 Å². The molecule has 0 saturated heterocycles. The molecule has 5 rings (SSSR count). The van der Waals surface area contributed by atoms with Crippen LogP contribution in [0.25, 0.3) is 11.3 Å². The minimum atomic E-state index is -0.939. The third-order valence-corrected chi connectivity index (χ3v) is 8.25. The molecule has 1 saturated carbocycles. The van der Waals surface area contributed by atoms with Gasteiger partial charge in [-0.15, -0.1) is 0 Å². The topological polar surface area (TPSA) is 120 Å². The third kappa shape index (κ3) is 6.38. The molecular weight excluding hydrogens is 540 g/mol. The van der Waals surface area contributed by atoms with E-state index in [4.69, 9.17) is 19.6 Å². The smallest absolute Gasteiger partial charge is 0.269 e. The highest BCUT2D eigenvalue weighted by Crippen LogP contribution is 2.35. The SMILES string of the molecule is COc1ccc(-c2nsc(C(=O)N(Cc3ccco3)[C@@H](C(=O)NC3CCCCC3)c3ccc(OC)cc3)c2N)cc1. The van der Waals surface area contributed by atoms with Crippen LogP contribution in [0, 0.1) is 0 Å². The molecule has 0 radical (unpaired) electrons. The molecular formula is C31H34N4O5S. The van der Waals surface area contributed by atoms with Crippen molar-refractivity contribution in [3.63, 3.8) is 0 Å². The third-order valence-electron chi connectivity index (χ3n) is 7.40. The Balaban J connectivity index is 1.53. The van der Waals surface area contributed by atoms with E-state index in [1.807, 2.05) is 36.4 Å². The number of nitrogen functional groups attached to an aromatic ring is 1. The fourth-order valence-electron chi connectivity index (χ4n) is 5.18. The van der Waals surface area contributed by atoms with Crippen LogP contribution in [0.2, 0.25) is 0 Å². The number of hydrogen-bond acceptors (Lipinski definition) is 8. The predicted molar refractivity (Wildman–Crippen MR) is 158 cm³/mol. The average molecular weight is 575 g/mol. The quantitative estimate of drug-likeness (QED) is 0.244. The van der Waals surface area contributed by atoms with E-state index in [-0.39, 0.29) is 29.1 Å². The number of methoxy groups -OCH3 is 2. The normalized spacial score (nSPS) is 14.3. The van der Waals surface area contributed by atoms with Crippen molar-refractivity contribution in [3.05, 3.63) is 83.1 Å². The Morgan fingerprint density at radius 2 is 1.68 bits per heavy atom. The molecule has 2 heterocycles. The Morgan fingerprint density at radius 3 is 2.29 bits per heavy atom. The number of nitrogens with two attached hydrogens (primary N) is 1. The van der Waals surface area contributed by atoms with Crippen LogP contribution in [0.1, 0.15) is 59.1 Å². The molecule has 1 atom stereocenters. The van der Waals surface area contributed by atoms with Crippen LogP contribution in [0.15, 0.2) is 71.3 Å². The molecule has 4 aromatic rings. The van der Waals surface area contributed by atoms with Crippen LogP contribution in [0.5, 0.6) is 11.5 Å². The highest BCUT2D eigenvalue weighted by Gasteiger charge is 2.36. The Labute approximate surface area is 243 Å². The Morgan fingerprint density at radius 1 is 1.02 bits per heavy atom. The molecule has 0 unspecified atom stereocenters. The molecule has 1 fully saturated rings. The van der Waals surface area contributed by atoms with E-state index in [1.165, 1.54) is 11.3 Å². The van der Waals surface area contributed by atoms with Crippen LogP contribution in [-0.2, 0) is 11.3 Å². The summed E-state index contributed by atoms with van der Waals surface area (Å²) in [4.78, 5) is 30.1. The van der Waals surface area contributed by atoms with Crippen molar-refractivity contribution in [2.45, 2.75) is 50.7 Å². The summed E-state index contributed by atoms with van der Waals surface area (Å²) in [5.41, 5.74) is 8.73. The Bertz CT molecular complexity index is 1440. The zero-order chi connectivity index (χ0) is 28.8. The molecule has 214 valence electrons. The minimum absolute atomic E-state index is 0.0627. The van der Waals surface area contributed by atoms with Crippen molar-refractivity contribution in [1.29, 1.82) is 0 Å². The molecule has 0 aliphatic heterocycles. The summed E-state index contributed by atoms with van der Waals surface area (Å²) < 4.78 is 20.7. The van der Waals surface area contributed by atoms with Crippen LogP contribution in [-0.4, -0.2) is 41.3 Å². The van der Waals surface area contributed by atoms with Crippen molar-refractivity contribution in [3.8, 4) is 22.8 Å². The van der Waals surface area contributed by atoms with Gasteiger partial charge in [0.15, 0.2) is 0 Å². The van der Waals surface area contributed by atoms with Gasteiger partial charge in [0.25, 0.3) is 5.91 Å². The number of carbonyl (C=O) groups excluding carboxylic acids is 2. The second kappa shape index (κ2) is 12.9. The second-order valence-electron chi connectivity index (χ2n) is 10.0. The molecule has 10 heteroatoms. The number of anilines is 1. The van der Waals surface area contributed by atoms with Gasteiger partial charge in [0, 0.05) is 11.6 Å². The van der Waals surface area contributed by atoms with Crippen LogP contribution < -0.4 is 20.5 Å². The van der Waals surface area contributed by atoms with E-state index in [0.29, 0.717) is 28.5 Å². The number of amides is 2. The van der Waals surface area contributed by atoms with Gasteiger partial charge in [0.1, 0.15) is 33.9 Å². The molecule has 1 aliphatic rings. The van der Waals surface area contributed by atoms with Crippen LogP contribution in [0.4, 0.5) is 5.69 Å². The number of nitrogens with zero attached hydrogens (tertiary/aromatic N) is 2. The van der Waals surface area contributed by atoms with Gasteiger partial charge in [-0.3, -0.25) is 9.59 Å².